The summed E-state index contributed by atoms with van der Waals surface area (Å²) in [5.41, 5.74) is -0.232. The predicted octanol–water partition coefficient (Wildman–Crippen LogP) is 1.52. The Hall–Kier alpha value is -2.11. The van der Waals surface area contributed by atoms with E-state index in [1.807, 2.05) is 6.92 Å². The first kappa shape index (κ1) is 14.9. The molecule has 6 heteroatoms. The van der Waals surface area contributed by atoms with Crippen LogP contribution in [0.25, 0.3) is 0 Å². The van der Waals surface area contributed by atoms with Gasteiger partial charge in [-0.2, -0.15) is 0 Å². The number of hydrogen-bond donors (Lipinski definition) is 1. The number of carbonyl (C=O) groups excluding carboxylic acids is 2. The number of nitrogens with one attached hydrogen (secondary N) is 1. The van der Waals surface area contributed by atoms with Crippen molar-refractivity contribution in [3.63, 3.8) is 0 Å². The van der Waals surface area contributed by atoms with Crippen LogP contribution in [0.1, 0.15) is 23.7 Å². The standard InChI is InChI=1S/C13H16FNO4/c1-3-6-15-12(16)8-19-13(17)10-5-4-9(18-2)7-11(10)14/h4-5,7H,3,6,8H2,1-2H3,(H,15,16). The molecule has 0 spiro atoms. The van der Waals surface area contributed by atoms with E-state index in [0.29, 0.717) is 12.3 Å². The highest BCUT2D eigenvalue weighted by molar-refractivity contribution is 5.91. The van der Waals surface area contributed by atoms with Crippen LogP contribution in [0.2, 0.25) is 0 Å². The molecular formula is C13H16FNO4. The van der Waals surface area contributed by atoms with E-state index in [0.717, 1.165) is 12.5 Å². The molecule has 1 rings (SSSR count). The molecular weight excluding hydrogens is 253 g/mol. The predicted molar refractivity (Wildman–Crippen MR) is 66.5 cm³/mol. The van der Waals surface area contributed by atoms with Gasteiger partial charge in [-0.25, -0.2) is 9.18 Å². The molecule has 0 bridgehead atoms. The van der Waals surface area contributed by atoms with Crippen LogP contribution in [0, 0.1) is 5.82 Å². The van der Waals surface area contributed by atoms with Crippen molar-refractivity contribution in [3.05, 3.63) is 29.6 Å². The largest absolute Gasteiger partial charge is 0.497 e. The van der Waals surface area contributed by atoms with Crippen LogP contribution in [0.3, 0.4) is 0 Å². The third-order valence-electron chi connectivity index (χ3n) is 2.30. The number of esters is 1. The molecule has 0 aromatic heterocycles. The molecule has 1 aromatic carbocycles. The van der Waals surface area contributed by atoms with Crippen molar-refractivity contribution >= 4 is 11.9 Å². The third-order valence-corrected chi connectivity index (χ3v) is 2.30. The van der Waals surface area contributed by atoms with Crippen LogP contribution >= 0.6 is 0 Å². The molecule has 5 nitrogen and oxygen atoms in total. The van der Waals surface area contributed by atoms with E-state index in [4.69, 9.17) is 9.47 Å². The number of carbonyl (C=O) groups is 2. The Morgan fingerprint density at radius 1 is 1.37 bits per heavy atom. The number of hydrogen-bond acceptors (Lipinski definition) is 4. The number of amides is 1. The van der Waals surface area contributed by atoms with Crippen molar-refractivity contribution in [2.45, 2.75) is 13.3 Å². The van der Waals surface area contributed by atoms with Gasteiger partial charge in [0.1, 0.15) is 11.6 Å². The zero-order valence-corrected chi connectivity index (χ0v) is 10.9. The van der Waals surface area contributed by atoms with Gasteiger partial charge in [0.05, 0.1) is 12.7 Å². The molecule has 0 saturated carbocycles. The highest BCUT2D eigenvalue weighted by Crippen LogP contribution is 2.16. The maximum absolute atomic E-state index is 13.5. The van der Waals surface area contributed by atoms with Crippen LogP contribution in [0.5, 0.6) is 5.75 Å². The summed E-state index contributed by atoms with van der Waals surface area (Å²) < 4.78 is 23.1. The first-order valence-electron chi connectivity index (χ1n) is 5.85. The lowest BCUT2D eigenvalue weighted by molar-refractivity contribution is -0.124. The van der Waals surface area contributed by atoms with E-state index < -0.39 is 24.3 Å². The molecule has 0 unspecified atom stereocenters. The van der Waals surface area contributed by atoms with Crippen molar-refractivity contribution in [3.8, 4) is 5.75 Å². The van der Waals surface area contributed by atoms with Crippen molar-refractivity contribution in [2.24, 2.45) is 0 Å². The van der Waals surface area contributed by atoms with Crippen LogP contribution in [0.15, 0.2) is 18.2 Å². The topological polar surface area (TPSA) is 64.6 Å². The Morgan fingerprint density at radius 3 is 2.68 bits per heavy atom. The summed E-state index contributed by atoms with van der Waals surface area (Å²) in [5, 5.41) is 2.54. The van der Waals surface area contributed by atoms with E-state index >= 15 is 0 Å². The second-order valence-corrected chi connectivity index (χ2v) is 3.77. The van der Waals surface area contributed by atoms with Gasteiger partial charge in [0, 0.05) is 12.6 Å². The average Bonchev–Trinajstić information content (AvgIpc) is 2.42. The minimum absolute atomic E-state index is 0.232. The SMILES string of the molecule is CCCNC(=O)COC(=O)c1ccc(OC)cc1F. The number of methoxy groups -OCH3 is 1. The van der Waals surface area contributed by atoms with Crippen molar-refractivity contribution < 1.29 is 23.5 Å². The van der Waals surface area contributed by atoms with Gasteiger partial charge in [-0.15, -0.1) is 0 Å². The Kier molecular flexibility index (Phi) is 5.78. The summed E-state index contributed by atoms with van der Waals surface area (Å²) in [6.45, 7) is 1.98. The molecule has 104 valence electrons. The number of ether oxygens (including phenoxy) is 2. The number of halogens is 1. The first-order valence-corrected chi connectivity index (χ1v) is 5.85. The summed E-state index contributed by atoms with van der Waals surface area (Å²) >= 11 is 0. The van der Waals surface area contributed by atoms with E-state index in [-0.39, 0.29) is 5.56 Å². The Labute approximate surface area is 110 Å². The van der Waals surface area contributed by atoms with Crippen molar-refractivity contribution in [1.29, 1.82) is 0 Å². The average molecular weight is 269 g/mol. The van der Waals surface area contributed by atoms with E-state index in [1.54, 1.807) is 0 Å². The molecule has 0 aliphatic heterocycles. The molecule has 0 saturated heterocycles. The van der Waals surface area contributed by atoms with Crippen LogP contribution in [0.4, 0.5) is 4.39 Å². The molecule has 19 heavy (non-hydrogen) atoms. The summed E-state index contributed by atoms with van der Waals surface area (Å²) in [5.74, 6) is -1.75. The second-order valence-electron chi connectivity index (χ2n) is 3.77. The second kappa shape index (κ2) is 7.35. The van der Waals surface area contributed by atoms with Gasteiger partial charge in [0.15, 0.2) is 6.61 Å². The fourth-order valence-electron chi connectivity index (χ4n) is 1.31. The minimum Gasteiger partial charge on any atom is -0.497 e. The lowest BCUT2D eigenvalue weighted by Gasteiger charge is -2.07. The quantitative estimate of drug-likeness (QED) is 0.795. The zero-order chi connectivity index (χ0) is 14.3. The van der Waals surface area contributed by atoms with Gasteiger partial charge in [0.2, 0.25) is 0 Å². The Morgan fingerprint density at radius 2 is 2.11 bits per heavy atom. The molecule has 1 N–H and O–H groups in total. The minimum atomic E-state index is -0.883. The third kappa shape index (κ3) is 4.57. The maximum atomic E-state index is 13.5. The fraction of sp³-hybridized carbons (Fsp3) is 0.385. The molecule has 1 amide bonds. The molecule has 0 atom stereocenters. The fourth-order valence-corrected chi connectivity index (χ4v) is 1.31. The van der Waals surface area contributed by atoms with Gasteiger partial charge in [-0.1, -0.05) is 6.92 Å². The lowest BCUT2D eigenvalue weighted by Crippen LogP contribution is -2.29. The molecule has 0 aliphatic rings. The van der Waals surface area contributed by atoms with Crippen molar-refractivity contribution in [2.75, 3.05) is 20.3 Å². The highest BCUT2D eigenvalue weighted by atomic mass is 19.1. The van der Waals surface area contributed by atoms with Gasteiger partial charge in [0.25, 0.3) is 5.91 Å². The molecule has 0 radical (unpaired) electrons. The maximum Gasteiger partial charge on any atom is 0.341 e. The Bertz CT molecular complexity index is 462. The van der Waals surface area contributed by atoms with Gasteiger partial charge in [-0.05, 0) is 18.6 Å². The molecule has 0 heterocycles. The normalized spacial score (nSPS) is 9.84. The summed E-state index contributed by atoms with van der Waals surface area (Å²) in [6, 6.07) is 3.77. The molecule has 0 fully saturated rings. The number of benzene rings is 1. The smallest absolute Gasteiger partial charge is 0.341 e. The van der Waals surface area contributed by atoms with E-state index in [2.05, 4.69) is 5.32 Å². The Balaban J connectivity index is 2.56. The first-order chi connectivity index (χ1) is 9.08. The summed E-state index contributed by atoms with van der Waals surface area (Å²) in [4.78, 5) is 22.8. The van der Waals surface area contributed by atoms with E-state index in [1.165, 1.54) is 19.2 Å². The van der Waals surface area contributed by atoms with Gasteiger partial charge in [-0.3, -0.25) is 4.79 Å². The molecule has 1 aromatic rings. The lowest BCUT2D eigenvalue weighted by atomic mass is 10.2. The highest BCUT2D eigenvalue weighted by Gasteiger charge is 2.15. The van der Waals surface area contributed by atoms with Crippen molar-refractivity contribution in [1.82, 2.24) is 5.32 Å². The number of rotatable bonds is 6. The van der Waals surface area contributed by atoms with Crippen LogP contribution < -0.4 is 10.1 Å². The summed E-state index contributed by atoms with van der Waals surface area (Å²) in [7, 11) is 1.39. The molecule has 0 aliphatic carbocycles. The monoisotopic (exact) mass is 269 g/mol. The van der Waals surface area contributed by atoms with Crippen LogP contribution in [-0.4, -0.2) is 32.1 Å². The van der Waals surface area contributed by atoms with E-state index in [9.17, 15) is 14.0 Å². The van der Waals surface area contributed by atoms with Gasteiger partial charge < -0.3 is 14.8 Å². The zero-order valence-electron chi connectivity index (χ0n) is 10.9. The summed E-state index contributed by atoms with van der Waals surface area (Å²) in [6.07, 6.45) is 0.785. The van der Waals surface area contributed by atoms with Gasteiger partial charge >= 0.3 is 5.97 Å². The van der Waals surface area contributed by atoms with Crippen LogP contribution in [-0.2, 0) is 9.53 Å².